The van der Waals surface area contributed by atoms with Gasteiger partial charge >= 0.3 is 0 Å². The number of rotatable bonds is 7. The van der Waals surface area contributed by atoms with Crippen LogP contribution >= 0.6 is 0 Å². The van der Waals surface area contributed by atoms with Gasteiger partial charge < -0.3 is 10.6 Å². The van der Waals surface area contributed by atoms with E-state index in [1.807, 2.05) is 11.8 Å². The van der Waals surface area contributed by atoms with Gasteiger partial charge in [-0.1, -0.05) is 41.0 Å². The molecule has 1 saturated heterocycles. The van der Waals surface area contributed by atoms with E-state index in [1.54, 1.807) is 0 Å². The maximum Gasteiger partial charge on any atom is 0.226 e. The van der Waals surface area contributed by atoms with Crippen molar-refractivity contribution in [2.75, 3.05) is 13.1 Å². The van der Waals surface area contributed by atoms with Crippen molar-refractivity contribution in [3.63, 3.8) is 0 Å². The minimum atomic E-state index is -0.326. The summed E-state index contributed by atoms with van der Waals surface area (Å²) < 4.78 is 0. The molecule has 22 heavy (non-hydrogen) atoms. The number of piperidine rings is 1. The van der Waals surface area contributed by atoms with Gasteiger partial charge in [0.15, 0.2) is 0 Å². The first kappa shape index (κ1) is 19.0. The molecule has 0 aliphatic carbocycles. The second-order valence-corrected chi connectivity index (χ2v) is 7.72. The minimum Gasteiger partial charge on any atom is -0.369 e. The Kier molecular flexibility index (Phi) is 7.37. The molecule has 4 heteroatoms. The Hall–Kier alpha value is -1.06. The molecule has 1 rings (SSSR count). The lowest BCUT2D eigenvalue weighted by atomic mass is 9.80. The summed E-state index contributed by atoms with van der Waals surface area (Å²) in [5.74, 6) is 0.689. The number of amides is 2. The van der Waals surface area contributed by atoms with Crippen LogP contribution < -0.4 is 5.73 Å². The average molecular weight is 310 g/mol. The Bertz CT molecular complexity index is 371. The van der Waals surface area contributed by atoms with Crippen molar-refractivity contribution in [1.29, 1.82) is 0 Å². The van der Waals surface area contributed by atoms with E-state index in [0.29, 0.717) is 24.2 Å². The summed E-state index contributed by atoms with van der Waals surface area (Å²) >= 11 is 0. The van der Waals surface area contributed by atoms with Crippen molar-refractivity contribution in [3.05, 3.63) is 0 Å². The molecule has 1 aliphatic heterocycles. The van der Waals surface area contributed by atoms with Crippen molar-refractivity contribution in [2.24, 2.45) is 35.3 Å². The molecule has 1 heterocycles. The summed E-state index contributed by atoms with van der Waals surface area (Å²) in [7, 11) is 0. The van der Waals surface area contributed by atoms with E-state index in [9.17, 15) is 9.59 Å². The van der Waals surface area contributed by atoms with Crippen LogP contribution in [-0.2, 0) is 9.59 Å². The second kappa shape index (κ2) is 8.54. The molecular weight excluding hydrogens is 276 g/mol. The Morgan fingerprint density at radius 1 is 1.14 bits per heavy atom. The molecule has 0 bridgehead atoms. The molecule has 0 saturated carbocycles. The van der Waals surface area contributed by atoms with Gasteiger partial charge in [0.05, 0.1) is 0 Å². The van der Waals surface area contributed by atoms with Crippen molar-refractivity contribution in [1.82, 2.24) is 4.90 Å². The second-order valence-electron chi connectivity index (χ2n) is 7.72. The smallest absolute Gasteiger partial charge is 0.226 e. The molecule has 0 aromatic carbocycles. The zero-order chi connectivity index (χ0) is 16.9. The molecule has 0 radical (unpaired) electrons. The molecule has 4 nitrogen and oxygen atoms in total. The highest BCUT2D eigenvalue weighted by Crippen LogP contribution is 2.29. The van der Waals surface area contributed by atoms with Crippen molar-refractivity contribution in [2.45, 2.75) is 60.3 Å². The van der Waals surface area contributed by atoms with Crippen LogP contribution in [0, 0.1) is 29.6 Å². The normalized spacial score (nSPS) is 25.1. The fourth-order valence-electron chi connectivity index (χ4n) is 3.88. The first-order valence-corrected chi connectivity index (χ1v) is 8.84. The fraction of sp³-hybridized carbons (Fsp3) is 0.889. The van der Waals surface area contributed by atoms with Crippen LogP contribution in [0.5, 0.6) is 0 Å². The molecule has 128 valence electrons. The molecule has 1 fully saturated rings. The molecule has 0 aromatic rings. The Morgan fingerprint density at radius 3 is 2.09 bits per heavy atom. The highest BCUT2D eigenvalue weighted by molar-refractivity contribution is 5.87. The lowest BCUT2D eigenvalue weighted by Gasteiger charge is -2.38. The minimum absolute atomic E-state index is 0.143. The third-order valence-electron chi connectivity index (χ3n) is 4.67. The van der Waals surface area contributed by atoms with E-state index in [4.69, 9.17) is 5.73 Å². The van der Waals surface area contributed by atoms with Crippen molar-refractivity contribution < 1.29 is 9.59 Å². The molecule has 2 N–H and O–H groups in total. The highest BCUT2D eigenvalue weighted by atomic mass is 16.2. The number of carbonyl (C=O) groups is 2. The number of hydrogen-bond donors (Lipinski definition) is 1. The molecule has 2 unspecified atom stereocenters. The molecule has 1 aliphatic rings. The van der Waals surface area contributed by atoms with Crippen LogP contribution in [0.2, 0.25) is 0 Å². The Balaban J connectivity index is 2.93. The number of primary amides is 1. The van der Waals surface area contributed by atoms with Gasteiger partial charge in [-0.2, -0.15) is 0 Å². The summed E-state index contributed by atoms with van der Waals surface area (Å²) in [6.45, 7) is 12.3. The summed E-state index contributed by atoms with van der Waals surface area (Å²) in [4.78, 5) is 26.9. The lowest BCUT2D eigenvalue weighted by Crippen LogP contribution is -2.48. The van der Waals surface area contributed by atoms with Gasteiger partial charge in [0, 0.05) is 24.9 Å². The molecule has 4 atom stereocenters. The van der Waals surface area contributed by atoms with E-state index < -0.39 is 0 Å². The van der Waals surface area contributed by atoms with Gasteiger partial charge in [-0.3, -0.25) is 9.59 Å². The Morgan fingerprint density at radius 2 is 1.68 bits per heavy atom. The maximum absolute atomic E-state index is 13.1. The first-order chi connectivity index (χ1) is 10.3. The quantitative estimate of drug-likeness (QED) is 0.785. The van der Waals surface area contributed by atoms with E-state index in [2.05, 4.69) is 27.7 Å². The largest absolute Gasteiger partial charge is 0.369 e. The molecule has 0 aromatic heterocycles. The van der Waals surface area contributed by atoms with Gasteiger partial charge in [0.2, 0.25) is 11.8 Å². The van der Waals surface area contributed by atoms with E-state index in [-0.39, 0.29) is 23.7 Å². The van der Waals surface area contributed by atoms with Crippen LogP contribution in [0.25, 0.3) is 0 Å². The number of nitrogens with two attached hydrogens (primary N) is 1. The van der Waals surface area contributed by atoms with Crippen LogP contribution in [-0.4, -0.2) is 29.8 Å². The molecular formula is C18H34N2O2. The molecule has 0 spiro atoms. The van der Waals surface area contributed by atoms with E-state index in [0.717, 1.165) is 25.9 Å². The summed E-state index contributed by atoms with van der Waals surface area (Å²) in [5.41, 5.74) is 5.61. The first-order valence-electron chi connectivity index (χ1n) is 8.84. The zero-order valence-corrected chi connectivity index (χ0v) is 15.0. The topological polar surface area (TPSA) is 63.4 Å². The van der Waals surface area contributed by atoms with Gasteiger partial charge in [0.25, 0.3) is 0 Å². The summed E-state index contributed by atoms with van der Waals surface area (Å²) in [6, 6.07) is 0. The van der Waals surface area contributed by atoms with E-state index >= 15 is 0 Å². The third kappa shape index (κ3) is 5.29. The number of carbonyl (C=O) groups excluding carboxylic acids is 2. The lowest BCUT2D eigenvalue weighted by molar-refractivity contribution is -0.144. The maximum atomic E-state index is 13.1. The number of hydrogen-bond acceptors (Lipinski definition) is 2. The van der Waals surface area contributed by atoms with Crippen molar-refractivity contribution in [3.8, 4) is 0 Å². The van der Waals surface area contributed by atoms with Crippen LogP contribution in [0.15, 0.2) is 0 Å². The monoisotopic (exact) mass is 310 g/mol. The number of likely N-dealkylation sites (tertiary alicyclic amines) is 1. The number of nitrogens with zero attached hydrogens (tertiary/aromatic N) is 1. The van der Waals surface area contributed by atoms with Crippen LogP contribution in [0.3, 0.4) is 0 Å². The van der Waals surface area contributed by atoms with Crippen LogP contribution in [0.4, 0.5) is 0 Å². The standard InChI is InChI=1S/C18H34N2O2/c1-6-7-15(17(19)21)16(8-12(2)3)18(22)20-10-13(4)9-14(5)11-20/h12-16H,6-11H2,1-5H3,(H2,19,21)/t13?,14?,15-,16+/m0/s1. The fourth-order valence-corrected chi connectivity index (χ4v) is 3.88. The van der Waals surface area contributed by atoms with Gasteiger partial charge in [-0.05, 0) is 37.0 Å². The average Bonchev–Trinajstić information content (AvgIpc) is 2.40. The zero-order valence-electron chi connectivity index (χ0n) is 15.0. The molecule has 2 amide bonds. The van der Waals surface area contributed by atoms with Gasteiger partial charge in [-0.25, -0.2) is 0 Å². The van der Waals surface area contributed by atoms with Gasteiger partial charge in [-0.15, -0.1) is 0 Å². The van der Waals surface area contributed by atoms with Crippen molar-refractivity contribution >= 4 is 11.8 Å². The van der Waals surface area contributed by atoms with Gasteiger partial charge in [0.1, 0.15) is 0 Å². The summed E-state index contributed by atoms with van der Waals surface area (Å²) in [5, 5.41) is 0. The van der Waals surface area contributed by atoms with Crippen LogP contribution in [0.1, 0.15) is 60.3 Å². The predicted octanol–water partition coefficient (Wildman–Crippen LogP) is 3.05. The highest BCUT2D eigenvalue weighted by Gasteiger charge is 2.36. The third-order valence-corrected chi connectivity index (χ3v) is 4.67. The van der Waals surface area contributed by atoms with E-state index in [1.165, 1.54) is 6.42 Å². The predicted molar refractivity (Wildman–Crippen MR) is 90.1 cm³/mol. The summed E-state index contributed by atoms with van der Waals surface area (Å²) in [6.07, 6.45) is 3.50. The Labute approximate surface area is 135 Å². The SMILES string of the molecule is CCC[C@H](C(N)=O)[C@@H](CC(C)C)C(=O)N1CC(C)CC(C)C1.